The van der Waals surface area contributed by atoms with Crippen molar-refractivity contribution in [1.82, 2.24) is 9.80 Å². The molecule has 0 unspecified atom stereocenters. The van der Waals surface area contributed by atoms with Crippen LogP contribution in [0.25, 0.3) is 0 Å². The molecule has 0 spiro atoms. The third kappa shape index (κ3) is 3.04. The van der Waals surface area contributed by atoms with Crippen molar-refractivity contribution in [2.75, 3.05) is 34.3 Å². The first-order valence-electron chi connectivity index (χ1n) is 6.71. The number of carbonyl (C=O) groups is 1. The maximum atomic E-state index is 12.4. The van der Waals surface area contributed by atoms with Gasteiger partial charge in [-0.1, -0.05) is 13.8 Å². The largest absolute Gasteiger partial charge is 0.369 e. The lowest BCUT2D eigenvalue weighted by atomic mass is 9.91. The second kappa shape index (κ2) is 5.57. The average molecular weight is 256 g/mol. The van der Waals surface area contributed by atoms with E-state index in [1.54, 1.807) is 7.11 Å². The van der Waals surface area contributed by atoms with Gasteiger partial charge >= 0.3 is 0 Å². The van der Waals surface area contributed by atoms with Gasteiger partial charge in [-0.2, -0.15) is 0 Å². The minimum absolute atomic E-state index is 0.0972. The number of methoxy groups -OCH3 is 1. The summed E-state index contributed by atoms with van der Waals surface area (Å²) in [5.41, 5.74) is -0.720. The molecule has 1 rings (SSSR count). The van der Waals surface area contributed by atoms with E-state index in [0.717, 1.165) is 13.1 Å². The van der Waals surface area contributed by atoms with Crippen molar-refractivity contribution in [2.45, 2.75) is 39.3 Å². The number of nitrogens with zero attached hydrogens (tertiary/aromatic N) is 2. The maximum Gasteiger partial charge on any atom is 0.254 e. The van der Waals surface area contributed by atoms with Crippen LogP contribution in [0.1, 0.15) is 27.7 Å². The van der Waals surface area contributed by atoms with Crippen LogP contribution in [0.2, 0.25) is 0 Å². The lowest BCUT2D eigenvalue weighted by molar-refractivity contribution is -0.150. The van der Waals surface area contributed by atoms with Crippen LogP contribution in [0, 0.1) is 11.8 Å². The van der Waals surface area contributed by atoms with Crippen LogP contribution in [0.15, 0.2) is 0 Å². The van der Waals surface area contributed by atoms with Crippen molar-refractivity contribution in [3.8, 4) is 0 Å². The lowest BCUT2D eigenvalue weighted by Gasteiger charge is -2.28. The van der Waals surface area contributed by atoms with E-state index < -0.39 is 5.60 Å². The number of likely N-dealkylation sites (tertiary alicyclic amines) is 1. The molecule has 106 valence electrons. The zero-order chi connectivity index (χ0) is 14.1. The normalized spacial score (nSPS) is 25.3. The Bertz CT molecular complexity index is 284. The van der Waals surface area contributed by atoms with Gasteiger partial charge < -0.3 is 14.5 Å². The van der Waals surface area contributed by atoms with E-state index in [9.17, 15) is 4.79 Å². The molecule has 4 nitrogen and oxygen atoms in total. The third-order valence-electron chi connectivity index (χ3n) is 4.17. The molecular formula is C14H28N2O2. The molecule has 0 N–H and O–H groups in total. The van der Waals surface area contributed by atoms with Crippen molar-refractivity contribution in [2.24, 2.45) is 11.8 Å². The summed E-state index contributed by atoms with van der Waals surface area (Å²) in [5, 5.41) is 0. The number of hydrogen-bond acceptors (Lipinski definition) is 3. The summed E-state index contributed by atoms with van der Waals surface area (Å²) in [7, 11) is 5.78. The Labute approximate surface area is 111 Å². The molecule has 1 aliphatic heterocycles. The van der Waals surface area contributed by atoms with Crippen molar-refractivity contribution < 1.29 is 9.53 Å². The van der Waals surface area contributed by atoms with Gasteiger partial charge in [-0.25, -0.2) is 0 Å². The van der Waals surface area contributed by atoms with E-state index in [1.807, 2.05) is 18.7 Å². The van der Waals surface area contributed by atoms with E-state index >= 15 is 0 Å². The summed E-state index contributed by atoms with van der Waals surface area (Å²) in [4.78, 5) is 16.6. The van der Waals surface area contributed by atoms with Crippen molar-refractivity contribution in [3.63, 3.8) is 0 Å². The molecule has 1 fully saturated rings. The first kappa shape index (κ1) is 15.4. The second-order valence-electron chi connectivity index (χ2n) is 6.36. The van der Waals surface area contributed by atoms with Crippen LogP contribution < -0.4 is 0 Å². The van der Waals surface area contributed by atoms with Crippen molar-refractivity contribution >= 4 is 5.91 Å². The summed E-state index contributed by atoms with van der Waals surface area (Å²) >= 11 is 0. The zero-order valence-electron chi connectivity index (χ0n) is 12.9. The number of amides is 1. The highest BCUT2D eigenvalue weighted by Crippen LogP contribution is 2.29. The van der Waals surface area contributed by atoms with Crippen molar-refractivity contribution in [3.05, 3.63) is 0 Å². The van der Waals surface area contributed by atoms with Crippen LogP contribution in [-0.2, 0) is 9.53 Å². The first-order valence-corrected chi connectivity index (χ1v) is 6.71. The van der Waals surface area contributed by atoms with E-state index in [4.69, 9.17) is 4.74 Å². The van der Waals surface area contributed by atoms with Gasteiger partial charge in [0.1, 0.15) is 5.60 Å². The van der Waals surface area contributed by atoms with Gasteiger partial charge in [-0.05, 0) is 39.8 Å². The van der Waals surface area contributed by atoms with E-state index in [1.165, 1.54) is 0 Å². The predicted octanol–water partition coefficient (Wildman–Crippen LogP) is 1.46. The average Bonchev–Trinajstić information content (AvgIpc) is 2.72. The number of ether oxygens (including phenoxy) is 1. The number of hydrogen-bond donors (Lipinski definition) is 0. The fourth-order valence-corrected chi connectivity index (χ4v) is 2.65. The molecule has 0 bridgehead atoms. The fourth-order valence-electron chi connectivity index (χ4n) is 2.65. The number of likely N-dealkylation sites (N-methyl/N-ethyl adjacent to an activating group) is 1. The number of carbonyl (C=O) groups excluding carboxylic acids is 1. The van der Waals surface area contributed by atoms with E-state index in [-0.39, 0.29) is 5.91 Å². The number of rotatable bonds is 4. The fraction of sp³-hybridized carbons (Fsp3) is 0.929. The monoisotopic (exact) mass is 256 g/mol. The van der Waals surface area contributed by atoms with Crippen LogP contribution in [0.3, 0.4) is 0 Å². The highest BCUT2D eigenvalue weighted by molar-refractivity contribution is 5.84. The second-order valence-corrected chi connectivity index (χ2v) is 6.36. The van der Waals surface area contributed by atoms with Gasteiger partial charge in [0.25, 0.3) is 5.91 Å². The Morgan fingerprint density at radius 1 is 1.33 bits per heavy atom. The molecule has 1 heterocycles. The molecule has 0 radical (unpaired) electrons. The van der Waals surface area contributed by atoms with Crippen LogP contribution in [0.4, 0.5) is 0 Å². The molecule has 1 saturated heterocycles. The molecule has 1 aliphatic rings. The minimum Gasteiger partial charge on any atom is -0.369 e. The van der Waals surface area contributed by atoms with Crippen LogP contribution in [-0.4, -0.2) is 61.6 Å². The Morgan fingerprint density at radius 2 is 1.89 bits per heavy atom. The van der Waals surface area contributed by atoms with E-state index in [2.05, 4.69) is 32.8 Å². The van der Waals surface area contributed by atoms with Crippen LogP contribution >= 0.6 is 0 Å². The predicted molar refractivity (Wildman–Crippen MR) is 73.5 cm³/mol. The summed E-state index contributed by atoms with van der Waals surface area (Å²) in [6.07, 6.45) is 0. The molecule has 0 aromatic carbocycles. The maximum absolute atomic E-state index is 12.4. The highest BCUT2D eigenvalue weighted by Gasteiger charge is 2.42. The standard InChI is InChI=1S/C14H28N2O2/c1-10(2)11-8-16(9-12(11)15(5)6)13(17)14(3,4)18-7/h10-12H,8-9H2,1-7H3/t11-,12+/m1/s1. The Hall–Kier alpha value is -0.610. The molecule has 0 aliphatic carbocycles. The highest BCUT2D eigenvalue weighted by atomic mass is 16.5. The van der Waals surface area contributed by atoms with Gasteiger partial charge in [-0.3, -0.25) is 4.79 Å². The Kier molecular flexibility index (Phi) is 4.78. The molecular weight excluding hydrogens is 228 g/mol. The minimum atomic E-state index is -0.720. The van der Waals surface area contributed by atoms with Gasteiger partial charge in [0, 0.05) is 26.2 Å². The van der Waals surface area contributed by atoms with Gasteiger partial charge in [0.05, 0.1) is 0 Å². The summed E-state index contributed by atoms with van der Waals surface area (Å²) < 4.78 is 5.30. The summed E-state index contributed by atoms with van der Waals surface area (Å²) in [6, 6.07) is 0.446. The van der Waals surface area contributed by atoms with Gasteiger partial charge in [0.2, 0.25) is 0 Å². The third-order valence-corrected chi connectivity index (χ3v) is 4.17. The summed E-state index contributed by atoms with van der Waals surface area (Å²) in [6.45, 7) is 9.78. The van der Waals surface area contributed by atoms with E-state index in [0.29, 0.717) is 17.9 Å². The smallest absolute Gasteiger partial charge is 0.254 e. The first-order chi connectivity index (χ1) is 8.20. The Morgan fingerprint density at radius 3 is 2.22 bits per heavy atom. The molecule has 0 aromatic heterocycles. The van der Waals surface area contributed by atoms with Crippen LogP contribution in [0.5, 0.6) is 0 Å². The SMILES string of the molecule is COC(C)(C)C(=O)N1C[C@H](C(C)C)[C@@H](N(C)C)C1. The van der Waals surface area contributed by atoms with Crippen molar-refractivity contribution in [1.29, 1.82) is 0 Å². The molecule has 2 atom stereocenters. The lowest BCUT2D eigenvalue weighted by Crippen LogP contribution is -2.46. The topological polar surface area (TPSA) is 32.8 Å². The van der Waals surface area contributed by atoms with Gasteiger partial charge in [-0.15, -0.1) is 0 Å². The summed E-state index contributed by atoms with van der Waals surface area (Å²) in [5.74, 6) is 1.22. The zero-order valence-corrected chi connectivity index (χ0v) is 12.9. The molecule has 0 aromatic rings. The molecule has 1 amide bonds. The van der Waals surface area contributed by atoms with Gasteiger partial charge in [0.15, 0.2) is 0 Å². The molecule has 0 saturated carbocycles. The molecule has 18 heavy (non-hydrogen) atoms. The quantitative estimate of drug-likeness (QED) is 0.763. The molecule has 4 heteroatoms. The Balaban J connectivity index is 2.81.